The molecule has 0 bridgehead atoms. The number of hydrogen-bond donors (Lipinski definition) is 0. The molecule has 0 aliphatic heterocycles. The molecule has 147 valence electrons. The van der Waals surface area contributed by atoms with Gasteiger partial charge < -0.3 is 4.74 Å². The number of unbranched alkanes of at least 4 members (excludes halogenated alkanes) is 1. The van der Waals surface area contributed by atoms with Crippen molar-refractivity contribution in [1.29, 1.82) is 0 Å². The van der Waals surface area contributed by atoms with E-state index in [1.54, 1.807) is 24.3 Å². The van der Waals surface area contributed by atoms with Gasteiger partial charge in [0.2, 0.25) is 0 Å². The minimum Gasteiger partial charge on any atom is -0.494 e. The summed E-state index contributed by atoms with van der Waals surface area (Å²) in [5, 5.41) is 0. The molecular weight excluding hydrogens is 370 g/mol. The Morgan fingerprint density at radius 2 is 1.33 bits per heavy atom. The number of alkyl halides is 6. The summed E-state index contributed by atoms with van der Waals surface area (Å²) in [6, 6.07) is 8.11. The highest BCUT2D eigenvalue weighted by molar-refractivity contribution is 5.49. The maximum Gasteiger partial charge on any atom is 0.416 e. The van der Waals surface area contributed by atoms with Crippen molar-refractivity contribution in [3.63, 3.8) is 0 Å². The zero-order chi connectivity index (χ0) is 20.2. The Labute approximate surface area is 154 Å². The van der Waals surface area contributed by atoms with Crippen molar-refractivity contribution in [3.8, 4) is 5.75 Å². The van der Waals surface area contributed by atoms with Crippen LogP contribution in [0.3, 0.4) is 0 Å². The first-order chi connectivity index (χ1) is 12.5. The number of halogens is 6. The van der Waals surface area contributed by atoms with Gasteiger partial charge >= 0.3 is 12.4 Å². The quantitative estimate of drug-likeness (QED) is 0.386. The van der Waals surface area contributed by atoms with Crippen molar-refractivity contribution in [2.45, 2.75) is 39.0 Å². The van der Waals surface area contributed by atoms with Crippen molar-refractivity contribution in [3.05, 3.63) is 70.6 Å². The average molecular weight is 389 g/mol. The highest BCUT2D eigenvalue weighted by atomic mass is 19.4. The monoisotopic (exact) mass is 389 g/mol. The van der Waals surface area contributed by atoms with Crippen molar-refractivity contribution >= 4 is 0 Å². The molecule has 0 spiro atoms. The van der Waals surface area contributed by atoms with E-state index in [1.165, 1.54) is 6.92 Å². The van der Waals surface area contributed by atoms with Crippen LogP contribution in [0.1, 0.15) is 48.9 Å². The standard InChI is InChI=1S/C20H19F6O/c1-3-4-9-27-18-7-5-14(6-8-18)13(2)15-10-16(19(21,22)23)12-17(11-15)20(24,25)26/h5-8,10-12H,3-4,9H2,1-2H3. The fourth-order valence-corrected chi connectivity index (χ4v) is 2.47. The molecule has 0 amide bonds. The van der Waals surface area contributed by atoms with Gasteiger partial charge in [-0.3, -0.25) is 0 Å². The van der Waals surface area contributed by atoms with E-state index in [0.29, 0.717) is 23.8 Å². The van der Waals surface area contributed by atoms with Gasteiger partial charge in [-0.2, -0.15) is 26.3 Å². The van der Waals surface area contributed by atoms with Crippen molar-refractivity contribution in [1.82, 2.24) is 0 Å². The molecule has 2 aromatic carbocycles. The van der Waals surface area contributed by atoms with Gasteiger partial charge in [-0.1, -0.05) is 32.4 Å². The minimum atomic E-state index is -4.87. The second kappa shape index (κ2) is 8.23. The van der Waals surface area contributed by atoms with E-state index in [0.717, 1.165) is 25.0 Å². The van der Waals surface area contributed by atoms with Gasteiger partial charge in [-0.05, 0) is 47.9 Å². The first kappa shape index (κ1) is 21.1. The molecule has 2 rings (SSSR count). The Kier molecular flexibility index (Phi) is 6.44. The van der Waals surface area contributed by atoms with Crippen LogP contribution in [0.2, 0.25) is 0 Å². The van der Waals surface area contributed by atoms with Gasteiger partial charge in [0.25, 0.3) is 0 Å². The summed E-state index contributed by atoms with van der Waals surface area (Å²) in [6.07, 6.45) is -7.88. The number of hydrogen-bond acceptors (Lipinski definition) is 1. The molecule has 7 heteroatoms. The molecule has 0 unspecified atom stereocenters. The third-order valence-electron chi connectivity index (χ3n) is 4.07. The summed E-state index contributed by atoms with van der Waals surface area (Å²) >= 11 is 0. The van der Waals surface area contributed by atoms with Gasteiger partial charge in [-0.25, -0.2) is 0 Å². The number of ether oxygens (including phenoxy) is 1. The van der Waals surface area contributed by atoms with Crippen molar-refractivity contribution in [2.75, 3.05) is 6.61 Å². The van der Waals surface area contributed by atoms with Crippen LogP contribution < -0.4 is 4.74 Å². The van der Waals surface area contributed by atoms with Crippen LogP contribution in [0, 0.1) is 5.92 Å². The predicted molar refractivity (Wildman–Crippen MR) is 90.4 cm³/mol. The Balaban J connectivity index is 2.33. The van der Waals surface area contributed by atoms with E-state index in [2.05, 4.69) is 0 Å². The van der Waals surface area contributed by atoms with Crippen LogP contribution in [0.25, 0.3) is 0 Å². The van der Waals surface area contributed by atoms with Gasteiger partial charge in [-0.15, -0.1) is 0 Å². The molecule has 1 radical (unpaired) electrons. The van der Waals surface area contributed by atoms with E-state index in [-0.39, 0.29) is 11.6 Å². The lowest BCUT2D eigenvalue weighted by Gasteiger charge is -2.18. The summed E-state index contributed by atoms with van der Waals surface area (Å²) in [4.78, 5) is 0. The first-order valence-corrected chi connectivity index (χ1v) is 8.39. The topological polar surface area (TPSA) is 9.23 Å². The smallest absolute Gasteiger partial charge is 0.416 e. The Morgan fingerprint density at radius 3 is 1.78 bits per heavy atom. The van der Waals surface area contributed by atoms with Crippen LogP contribution in [0.4, 0.5) is 26.3 Å². The third-order valence-corrected chi connectivity index (χ3v) is 4.07. The van der Waals surface area contributed by atoms with Crippen LogP contribution in [-0.2, 0) is 12.4 Å². The summed E-state index contributed by atoms with van der Waals surface area (Å²) in [5.74, 6) is 0.909. The second-order valence-corrected chi connectivity index (χ2v) is 6.15. The van der Waals surface area contributed by atoms with E-state index in [1.807, 2.05) is 6.92 Å². The highest BCUT2D eigenvalue weighted by Crippen LogP contribution is 2.38. The molecule has 0 saturated heterocycles. The molecule has 1 nitrogen and oxygen atoms in total. The Bertz CT molecular complexity index is 714. The SMILES string of the molecule is CCCCOc1ccc([C](C)c2cc(C(F)(F)F)cc(C(F)(F)F)c2)cc1. The zero-order valence-electron chi connectivity index (χ0n) is 14.8. The molecule has 0 atom stereocenters. The molecule has 27 heavy (non-hydrogen) atoms. The van der Waals surface area contributed by atoms with E-state index >= 15 is 0 Å². The van der Waals surface area contributed by atoms with E-state index < -0.39 is 23.5 Å². The van der Waals surface area contributed by atoms with E-state index in [4.69, 9.17) is 4.74 Å². The van der Waals surface area contributed by atoms with Crippen molar-refractivity contribution in [2.24, 2.45) is 0 Å². The molecule has 0 aliphatic carbocycles. The summed E-state index contributed by atoms with van der Waals surface area (Å²) in [6.45, 7) is 4.05. The van der Waals surface area contributed by atoms with Gasteiger partial charge in [0.05, 0.1) is 17.7 Å². The fourth-order valence-electron chi connectivity index (χ4n) is 2.47. The lowest BCUT2D eigenvalue weighted by Crippen LogP contribution is -2.13. The molecule has 0 aliphatic rings. The number of rotatable bonds is 6. The van der Waals surface area contributed by atoms with Crippen LogP contribution in [0.15, 0.2) is 42.5 Å². The molecule has 0 fully saturated rings. The van der Waals surface area contributed by atoms with Gasteiger partial charge in [0.1, 0.15) is 5.75 Å². The normalized spacial score (nSPS) is 12.5. The zero-order valence-corrected chi connectivity index (χ0v) is 14.8. The van der Waals surface area contributed by atoms with Gasteiger partial charge in [0, 0.05) is 5.92 Å². The minimum absolute atomic E-state index is 0.126. The van der Waals surface area contributed by atoms with Crippen molar-refractivity contribution < 1.29 is 31.1 Å². The predicted octanol–water partition coefficient (Wildman–Crippen LogP) is 6.89. The molecule has 0 heterocycles. The lowest BCUT2D eigenvalue weighted by atomic mass is 9.90. The summed E-state index contributed by atoms with van der Waals surface area (Å²) in [7, 11) is 0. The third kappa shape index (κ3) is 5.65. The molecule has 2 aromatic rings. The molecule has 0 N–H and O–H groups in total. The Morgan fingerprint density at radius 1 is 0.815 bits per heavy atom. The molecule has 0 saturated carbocycles. The van der Waals surface area contributed by atoms with Crippen LogP contribution in [-0.4, -0.2) is 6.61 Å². The van der Waals surface area contributed by atoms with Crippen LogP contribution in [0.5, 0.6) is 5.75 Å². The molecular formula is C20H19F6O. The highest BCUT2D eigenvalue weighted by Gasteiger charge is 2.37. The van der Waals surface area contributed by atoms with Gasteiger partial charge in [0.15, 0.2) is 0 Å². The summed E-state index contributed by atoms with van der Waals surface area (Å²) < 4.78 is 83.6. The largest absolute Gasteiger partial charge is 0.494 e. The lowest BCUT2D eigenvalue weighted by molar-refractivity contribution is -0.143. The first-order valence-electron chi connectivity index (χ1n) is 8.39. The second-order valence-electron chi connectivity index (χ2n) is 6.15. The molecule has 0 aromatic heterocycles. The maximum atomic E-state index is 13.0. The number of benzene rings is 2. The van der Waals surface area contributed by atoms with E-state index in [9.17, 15) is 26.3 Å². The average Bonchev–Trinajstić information content (AvgIpc) is 2.60. The fraction of sp³-hybridized carbons (Fsp3) is 0.350. The maximum absolute atomic E-state index is 13.0. The Hall–Kier alpha value is -2.18. The summed E-state index contributed by atoms with van der Waals surface area (Å²) in [5.41, 5.74) is -2.26. The van der Waals surface area contributed by atoms with Crippen LogP contribution >= 0.6 is 0 Å².